The zero-order valence-electron chi connectivity index (χ0n) is 10.3. The van der Waals surface area contributed by atoms with E-state index in [0.717, 1.165) is 23.2 Å². The van der Waals surface area contributed by atoms with Crippen molar-refractivity contribution in [2.75, 3.05) is 0 Å². The summed E-state index contributed by atoms with van der Waals surface area (Å²) in [5, 5.41) is 1.65. The van der Waals surface area contributed by atoms with Crippen molar-refractivity contribution in [1.29, 1.82) is 0 Å². The third kappa shape index (κ3) is 2.02. The molecule has 15 heavy (non-hydrogen) atoms. The highest BCUT2D eigenvalue weighted by Crippen LogP contribution is 2.63. The minimum atomic E-state index is 0.138. The lowest BCUT2D eigenvalue weighted by Crippen LogP contribution is -2.40. The van der Waals surface area contributed by atoms with Gasteiger partial charge in [0.15, 0.2) is 0 Å². The quantitative estimate of drug-likeness (QED) is 0.535. The van der Waals surface area contributed by atoms with Crippen molar-refractivity contribution in [2.24, 2.45) is 11.8 Å². The first-order valence-electron chi connectivity index (χ1n) is 6.11. The van der Waals surface area contributed by atoms with Gasteiger partial charge in [0.2, 0.25) is 0 Å². The van der Waals surface area contributed by atoms with Crippen LogP contribution >= 0.6 is 7.92 Å². The summed E-state index contributed by atoms with van der Waals surface area (Å²) in [6.45, 7) is 9.55. The SMILES string of the molecule is CC(C)[C@@H]1C[C@@H](C(C)C)P1c1cc[cH-]c1. The van der Waals surface area contributed by atoms with Crippen LogP contribution in [-0.4, -0.2) is 11.3 Å². The highest BCUT2D eigenvalue weighted by Gasteiger charge is 2.40. The molecule has 2 atom stereocenters. The van der Waals surface area contributed by atoms with E-state index in [1.165, 1.54) is 6.42 Å². The highest BCUT2D eigenvalue weighted by atomic mass is 31.1. The molecule has 1 aliphatic rings. The van der Waals surface area contributed by atoms with Gasteiger partial charge in [-0.25, -0.2) is 6.07 Å². The van der Waals surface area contributed by atoms with E-state index in [-0.39, 0.29) is 7.92 Å². The Morgan fingerprint density at radius 2 is 1.80 bits per heavy atom. The third-order valence-corrected chi connectivity index (χ3v) is 7.62. The summed E-state index contributed by atoms with van der Waals surface area (Å²) in [7, 11) is 0.138. The molecule has 1 saturated heterocycles. The molecule has 1 heterocycles. The van der Waals surface area contributed by atoms with Crippen molar-refractivity contribution in [3.63, 3.8) is 0 Å². The smallest absolute Gasteiger partial charge is 0.0251 e. The van der Waals surface area contributed by atoms with Crippen molar-refractivity contribution in [1.82, 2.24) is 0 Å². The van der Waals surface area contributed by atoms with Crippen LogP contribution in [0.1, 0.15) is 34.1 Å². The van der Waals surface area contributed by atoms with E-state index >= 15 is 0 Å². The summed E-state index contributed by atoms with van der Waals surface area (Å²) in [6, 6.07) is 9.08. The van der Waals surface area contributed by atoms with E-state index in [4.69, 9.17) is 0 Å². The first-order chi connectivity index (χ1) is 7.11. The molecule has 0 radical (unpaired) electrons. The second-order valence-corrected chi connectivity index (χ2v) is 8.07. The van der Waals surface area contributed by atoms with Crippen LogP contribution in [0.4, 0.5) is 0 Å². The van der Waals surface area contributed by atoms with E-state index in [9.17, 15) is 0 Å². The molecule has 1 aromatic carbocycles. The summed E-state index contributed by atoms with van der Waals surface area (Å²) in [4.78, 5) is 0. The molecule has 2 rings (SSSR count). The largest absolute Gasteiger partial charge is 0.206 e. The van der Waals surface area contributed by atoms with Crippen LogP contribution in [0.3, 0.4) is 0 Å². The summed E-state index contributed by atoms with van der Waals surface area (Å²) in [6.07, 6.45) is 1.46. The number of hydrogen-bond acceptors (Lipinski definition) is 0. The monoisotopic (exact) mass is 221 g/mol. The molecule has 0 bridgehead atoms. The maximum atomic E-state index is 2.39. The molecule has 0 nitrogen and oxygen atoms in total. The lowest BCUT2D eigenvalue weighted by Gasteiger charge is -2.53. The Kier molecular flexibility index (Phi) is 3.26. The van der Waals surface area contributed by atoms with Crippen molar-refractivity contribution < 1.29 is 0 Å². The zero-order valence-corrected chi connectivity index (χ0v) is 11.2. The van der Waals surface area contributed by atoms with E-state index in [1.54, 1.807) is 5.30 Å². The summed E-state index contributed by atoms with van der Waals surface area (Å²) in [5.41, 5.74) is 1.96. The van der Waals surface area contributed by atoms with E-state index in [0.29, 0.717) is 0 Å². The Labute approximate surface area is 95.2 Å². The number of hydrogen-bond donors (Lipinski definition) is 0. The first-order valence-corrected chi connectivity index (χ1v) is 7.59. The Bertz CT molecular complexity index is 283. The predicted octanol–water partition coefficient (Wildman–Crippen LogP) is 3.97. The standard InChI is InChI=1S/C14H22P/c1-10(2)13-9-14(11(3)4)15(13)12-7-5-6-8-12/h5-8,10-11,13-14H,9H2,1-4H3/q-1/t13-,14-/m0/s1. The minimum absolute atomic E-state index is 0.138. The second-order valence-electron chi connectivity index (χ2n) is 5.41. The predicted molar refractivity (Wildman–Crippen MR) is 70.5 cm³/mol. The van der Waals surface area contributed by atoms with Gasteiger partial charge in [0.25, 0.3) is 0 Å². The fourth-order valence-corrected chi connectivity index (χ4v) is 6.26. The molecular weight excluding hydrogens is 199 g/mol. The van der Waals surface area contributed by atoms with Crippen LogP contribution in [0.25, 0.3) is 0 Å². The molecular formula is C14H22P-. The lowest BCUT2D eigenvalue weighted by molar-refractivity contribution is 0.448. The fraction of sp³-hybridized carbons (Fsp3) is 0.643. The van der Waals surface area contributed by atoms with Gasteiger partial charge in [-0.1, -0.05) is 27.7 Å². The van der Waals surface area contributed by atoms with Gasteiger partial charge in [-0.3, -0.25) is 0 Å². The first kappa shape index (κ1) is 11.3. The van der Waals surface area contributed by atoms with Gasteiger partial charge in [-0.05, 0) is 29.6 Å². The molecule has 0 unspecified atom stereocenters. The molecule has 1 heteroatoms. The van der Waals surface area contributed by atoms with Crippen molar-refractivity contribution in [3.8, 4) is 0 Å². The van der Waals surface area contributed by atoms with Crippen LogP contribution in [0, 0.1) is 11.8 Å². The van der Waals surface area contributed by atoms with Crippen molar-refractivity contribution in [3.05, 3.63) is 24.3 Å². The van der Waals surface area contributed by atoms with Gasteiger partial charge in [0, 0.05) is 0 Å². The Morgan fingerprint density at radius 3 is 2.20 bits per heavy atom. The van der Waals surface area contributed by atoms with E-state index in [2.05, 4.69) is 52.0 Å². The van der Waals surface area contributed by atoms with Crippen molar-refractivity contribution in [2.45, 2.75) is 45.4 Å². The van der Waals surface area contributed by atoms with Crippen LogP contribution < -0.4 is 5.30 Å². The normalized spacial score (nSPS) is 27.3. The summed E-state index contributed by atoms with van der Waals surface area (Å²) < 4.78 is 0. The average Bonchev–Trinajstić information content (AvgIpc) is 2.53. The van der Waals surface area contributed by atoms with Crippen LogP contribution in [0.2, 0.25) is 0 Å². The average molecular weight is 221 g/mol. The van der Waals surface area contributed by atoms with Crippen LogP contribution in [-0.2, 0) is 0 Å². The molecule has 1 aliphatic heterocycles. The summed E-state index contributed by atoms with van der Waals surface area (Å²) >= 11 is 0. The third-order valence-electron chi connectivity index (χ3n) is 3.68. The summed E-state index contributed by atoms with van der Waals surface area (Å²) in [5.74, 6) is 1.72. The molecule has 1 fully saturated rings. The molecule has 0 N–H and O–H groups in total. The Hall–Kier alpha value is -0.220. The molecule has 0 aliphatic carbocycles. The Balaban J connectivity index is 2.16. The fourth-order valence-electron chi connectivity index (χ4n) is 2.69. The van der Waals surface area contributed by atoms with Gasteiger partial charge in [0.1, 0.15) is 0 Å². The lowest BCUT2D eigenvalue weighted by atomic mass is 9.98. The van der Waals surface area contributed by atoms with E-state index in [1.807, 2.05) is 0 Å². The van der Waals surface area contributed by atoms with Gasteiger partial charge >= 0.3 is 0 Å². The number of rotatable bonds is 3. The molecule has 0 saturated carbocycles. The van der Waals surface area contributed by atoms with Gasteiger partial charge in [-0.2, -0.15) is 23.5 Å². The molecule has 0 aromatic heterocycles. The highest BCUT2D eigenvalue weighted by molar-refractivity contribution is 7.68. The van der Waals surface area contributed by atoms with Gasteiger partial charge in [0.05, 0.1) is 0 Å². The van der Waals surface area contributed by atoms with Gasteiger partial charge in [-0.15, -0.1) is 7.92 Å². The van der Waals surface area contributed by atoms with Gasteiger partial charge < -0.3 is 0 Å². The molecule has 0 amide bonds. The molecule has 84 valence electrons. The molecule has 1 aromatic rings. The maximum absolute atomic E-state index is 2.39. The topological polar surface area (TPSA) is 0 Å². The second kappa shape index (κ2) is 4.34. The maximum Gasteiger partial charge on any atom is -0.0251 e. The zero-order chi connectivity index (χ0) is 11.0. The van der Waals surface area contributed by atoms with E-state index < -0.39 is 0 Å². The minimum Gasteiger partial charge on any atom is -0.206 e. The van der Waals surface area contributed by atoms with Crippen LogP contribution in [0.5, 0.6) is 0 Å². The molecule has 0 spiro atoms. The Morgan fingerprint density at radius 1 is 1.20 bits per heavy atom. The van der Waals surface area contributed by atoms with Crippen molar-refractivity contribution >= 4 is 13.2 Å². The van der Waals surface area contributed by atoms with Crippen LogP contribution in [0.15, 0.2) is 24.3 Å².